The predicted molar refractivity (Wildman–Crippen MR) is 81.6 cm³/mol. The highest BCUT2D eigenvalue weighted by molar-refractivity contribution is 5.90. The molecule has 0 unspecified atom stereocenters. The second-order valence-electron chi connectivity index (χ2n) is 5.18. The molecular formula is C15H22N4O2. The maximum absolute atomic E-state index is 11.9. The average molecular weight is 290 g/mol. The molecule has 0 aliphatic carbocycles. The molecule has 1 saturated heterocycles. The molecule has 0 spiro atoms. The molecule has 21 heavy (non-hydrogen) atoms. The Bertz CT molecular complexity index is 487. The van der Waals surface area contributed by atoms with Gasteiger partial charge in [-0.2, -0.15) is 0 Å². The predicted octanol–water partition coefficient (Wildman–Crippen LogP) is 0.296. The van der Waals surface area contributed by atoms with Crippen LogP contribution in [-0.4, -0.2) is 42.9 Å². The van der Waals surface area contributed by atoms with Crippen LogP contribution in [0.2, 0.25) is 0 Å². The number of nitrogens with two attached hydrogens (primary N) is 1. The lowest BCUT2D eigenvalue weighted by Crippen LogP contribution is -2.34. The Balaban J connectivity index is 1.77. The summed E-state index contributed by atoms with van der Waals surface area (Å²) in [6.45, 7) is 3.02. The van der Waals surface area contributed by atoms with E-state index in [-0.39, 0.29) is 11.8 Å². The van der Waals surface area contributed by atoms with Gasteiger partial charge >= 0.3 is 0 Å². The SMILES string of the molecule is NCc1ccc(NC(=O)CCN2CCCNC(=O)C2)cc1. The standard InChI is InChI=1S/C15H22N4O2/c16-10-12-2-4-13(5-3-12)18-14(20)6-9-19-8-1-7-17-15(21)11-19/h2-5H,1,6-11,16H2,(H,17,21)(H,18,20). The Kier molecular flexibility index (Phi) is 5.71. The summed E-state index contributed by atoms with van der Waals surface area (Å²) >= 11 is 0. The summed E-state index contributed by atoms with van der Waals surface area (Å²) in [5, 5.41) is 5.67. The van der Waals surface area contributed by atoms with Crippen molar-refractivity contribution in [1.29, 1.82) is 0 Å². The van der Waals surface area contributed by atoms with Crippen LogP contribution in [0.25, 0.3) is 0 Å². The zero-order valence-corrected chi connectivity index (χ0v) is 12.1. The van der Waals surface area contributed by atoms with Crippen LogP contribution in [0.3, 0.4) is 0 Å². The molecule has 6 nitrogen and oxygen atoms in total. The van der Waals surface area contributed by atoms with Gasteiger partial charge in [0.1, 0.15) is 0 Å². The molecule has 1 aliphatic rings. The zero-order valence-electron chi connectivity index (χ0n) is 12.1. The topological polar surface area (TPSA) is 87.5 Å². The van der Waals surface area contributed by atoms with E-state index in [4.69, 9.17) is 5.73 Å². The minimum absolute atomic E-state index is 0.0327. The van der Waals surface area contributed by atoms with Crippen molar-refractivity contribution in [3.8, 4) is 0 Å². The first-order chi connectivity index (χ1) is 10.2. The molecule has 0 radical (unpaired) electrons. The van der Waals surface area contributed by atoms with Crippen molar-refractivity contribution in [2.45, 2.75) is 19.4 Å². The summed E-state index contributed by atoms with van der Waals surface area (Å²) < 4.78 is 0. The average Bonchev–Trinajstić information content (AvgIpc) is 2.70. The van der Waals surface area contributed by atoms with E-state index in [2.05, 4.69) is 10.6 Å². The summed E-state index contributed by atoms with van der Waals surface area (Å²) in [7, 11) is 0. The fraction of sp³-hybridized carbons (Fsp3) is 0.467. The van der Waals surface area contributed by atoms with Crippen molar-refractivity contribution < 1.29 is 9.59 Å². The highest BCUT2D eigenvalue weighted by atomic mass is 16.2. The van der Waals surface area contributed by atoms with E-state index in [1.807, 2.05) is 29.2 Å². The number of anilines is 1. The first-order valence-corrected chi connectivity index (χ1v) is 7.25. The number of nitrogens with one attached hydrogen (secondary N) is 2. The lowest BCUT2D eigenvalue weighted by atomic mass is 10.2. The number of benzene rings is 1. The van der Waals surface area contributed by atoms with Crippen molar-refractivity contribution in [3.05, 3.63) is 29.8 Å². The quantitative estimate of drug-likeness (QED) is 0.727. The Morgan fingerprint density at radius 3 is 2.81 bits per heavy atom. The molecule has 6 heteroatoms. The lowest BCUT2D eigenvalue weighted by molar-refractivity contribution is -0.122. The smallest absolute Gasteiger partial charge is 0.234 e. The Labute approximate surface area is 124 Å². The van der Waals surface area contributed by atoms with Crippen LogP contribution in [0.15, 0.2) is 24.3 Å². The Hall–Kier alpha value is -1.92. The summed E-state index contributed by atoms with van der Waals surface area (Å²) in [5.74, 6) is -0.00886. The van der Waals surface area contributed by atoms with E-state index in [9.17, 15) is 9.59 Å². The van der Waals surface area contributed by atoms with Crippen LogP contribution in [0, 0.1) is 0 Å². The van der Waals surface area contributed by atoms with E-state index in [1.54, 1.807) is 0 Å². The van der Waals surface area contributed by atoms with Crippen molar-refractivity contribution in [3.63, 3.8) is 0 Å². The monoisotopic (exact) mass is 290 g/mol. The number of nitrogens with zero attached hydrogens (tertiary/aromatic N) is 1. The van der Waals surface area contributed by atoms with Gasteiger partial charge < -0.3 is 16.4 Å². The number of hydrogen-bond acceptors (Lipinski definition) is 4. The first-order valence-electron chi connectivity index (χ1n) is 7.25. The third-order valence-electron chi connectivity index (χ3n) is 3.47. The van der Waals surface area contributed by atoms with Gasteiger partial charge in [0, 0.05) is 38.3 Å². The molecule has 0 saturated carbocycles. The molecule has 1 fully saturated rings. The molecule has 0 aromatic heterocycles. The van der Waals surface area contributed by atoms with E-state index in [0.717, 1.165) is 30.8 Å². The second kappa shape index (κ2) is 7.75. The van der Waals surface area contributed by atoms with Gasteiger partial charge in [-0.1, -0.05) is 12.1 Å². The number of hydrogen-bond donors (Lipinski definition) is 3. The van der Waals surface area contributed by atoms with Crippen LogP contribution in [0.1, 0.15) is 18.4 Å². The van der Waals surface area contributed by atoms with E-state index in [1.165, 1.54) is 0 Å². The first kappa shape index (κ1) is 15.5. The normalized spacial score (nSPS) is 16.1. The van der Waals surface area contributed by atoms with E-state index in [0.29, 0.717) is 26.1 Å². The number of carbonyl (C=O) groups is 2. The van der Waals surface area contributed by atoms with Gasteiger partial charge in [-0.15, -0.1) is 0 Å². The van der Waals surface area contributed by atoms with Crippen LogP contribution in [-0.2, 0) is 16.1 Å². The van der Waals surface area contributed by atoms with Gasteiger partial charge in [-0.3, -0.25) is 14.5 Å². The second-order valence-corrected chi connectivity index (χ2v) is 5.18. The molecule has 114 valence electrons. The van der Waals surface area contributed by atoms with Crippen LogP contribution < -0.4 is 16.4 Å². The van der Waals surface area contributed by atoms with Crippen molar-refractivity contribution in [1.82, 2.24) is 10.2 Å². The highest BCUT2D eigenvalue weighted by Crippen LogP contribution is 2.09. The van der Waals surface area contributed by atoms with Gasteiger partial charge in [0.25, 0.3) is 0 Å². The summed E-state index contributed by atoms with van der Waals surface area (Å²) in [4.78, 5) is 25.4. The van der Waals surface area contributed by atoms with E-state index >= 15 is 0 Å². The minimum atomic E-state index is -0.0415. The molecule has 2 amide bonds. The summed E-state index contributed by atoms with van der Waals surface area (Å²) in [6, 6.07) is 7.49. The summed E-state index contributed by atoms with van der Waals surface area (Å²) in [5.41, 5.74) is 7.33. The molecule has 1 aromatic carbocycles. The molecule has 1 aliphatic heterocycles. The lowest BCUT2D eigenvalue weighted by Gasteiger charge is -2.17. The number of rotatable bonds is 5. The molecular weight excluding hydrogens is 268 g/mol. The van der Waals surface area contributed by atoms with Gasteiger partial charge in [0.2, 0.25) is 11.8 Å². The fourth-order valence-corrected chi connectivity index (χ4v) is 2.27. The fourth-order valence-electron chi connectivity index (χ4n) is 2.27. The Morgan fingerprint density at radius 2 is 2.10 bits per heavy atom. The van der Waals surface area contributed by atoms with Crippen molar-refractivity contribution >= 4 is 17.5 Å². The molecule has 0 atom stereocenters. The van der Waals surface area contributed by atoms with Crippen LogP contribution in [0.5, 0.6) is 0 Å². The van der Waals surface area contributed by atoms with Gasteiger partial charge in [0.05, 0.1) is 6.54 Å². The molecule has 1 aromatic rings. The van der Waals surface area contributed by atoms with Gasteiger partial charge in [-0.25, -0.2) is 0 Å². The minimum Gasteiger partial charge on any atom is -0.355 e. The maximum atomic E-state index is 11.9. The highest BCUT2D eigenvalue weighted by Gasteiger charge is 2.15. The van der Waals surface area contributed by atoms with Gasteiger partial charge in [0.15, 0.2) is 0 Å². The summed E-state index contributed by atoms with van der Waals surface area (Å²) in [6.07, 6.45) is 1.31. The van der Waals surface area contributed by atoms with Crippen LogP contribution >= 0.6 is 0 Å². The number of amides is 2. The van der Waals surface area contributed by atoms with Gasteiger partial charge in [-0.05, 0) is 24.1 Å². The Morgan fingerprint density at radius 1 is 1.33 bits per heavy atom. The third kappa shape index (κ3) is 5.17. The molecule has 1 heterocycles. The molecule has 4 N–H and O–H groups in total. The zero-order chi connectivity index (χ0) is 15.1. The van der Waals surface area contributed by atoms with E-state index < -0.39 is 0 Å². The van der Waals surface area contributed by atoms with Crippen LogP contribution in [0.4, 0.5) is 5.69 Å². The van der Waals surface area contributed by atoms with Crippen molar-refractivity contribution in [2.24, 2.45) is 5.73 Å². The molecule has 2 rings (SSSR count). The molecule has 0 bridgehead atoms. The third-order valence-corrected chi connectivity index (χ3v) is 3.47. The number of carbonyl (C=O) groups excluding carboxylic acids is 2. The maximum Gasteiger partial charge on any atom is 0.234 e. The largest absolute Gasteiger partial charge is 0.355 e. The van der Waals surface area contributed by atoms with Crippen molar-refractivity contribution in [2.75, 3.05) is 31.5 Å².